The first-order valence-electron chi connectivity index (χ1n) is 7.40. The summed E-state index contributed by atoms with van der Waals surface area (Å²) >= 11 is 0. The number of rotatable bonds is 6. The van der Waals surface area contributed by atoms with Crippen LogP contribution in [0, 0.1) is 5.92 Å². The Kier molecular flexibility index (Phi) is 5.46. The molecule has 0 saturated heterocycles. The molecule has 1 aromatic rings. The molecule has 2 nitrogen and oxygen atoms in total. The first kappa shape index (κ1) is 14.1. The number of nitrogens with one attached hydrogen (secondary N) is 1. The molecule has 104 valence electrons. The van der Waals surface area contributed by atoms with Gasteiger partial charge in [0.15, 0.2) is 0 Å². The maximum absolute atomic E-state index is 9.24. The van der Waals surface area contributed by atoms with E-state index in [1.54, 1.807) is 12.1 Å². The number of aryl methyl sites for hydroxylation is 1. The minimum atomic E-state index is 0.347. The fourth-order valence-electron chi connectivity index (χ4n) is 2.56. The highest BCUT2D eigenvalue weighted by Crippen LogP contribution is 2.17. The third kappa shape index (κ3) is 5.07. The first-order valence-corrected chi connectivity index (χ1v) is 7.40. The fourth-order valence-corrected chi connectivity index (χ4v) is 2.56. The second-order valence-corrected chi connectivity index (χ2v) is 5.66. The van der Waals surface area contributed by atoms with E-state index in [1.807, 2.05) is 12.1 Å². The summed E-state index contributed by atoms with van der Waals surface area (Å²) in [6, 6.07) is 8.10. The molecule has 0 amide bonds. The van der Waals surface area contributed by atoms with E-state index in [4.69, 9.17) is 0 Å². The number of hydrogen-bond acceptors (Lipinski definition) is 2. The first-order chi connectivity index (χ1) is 9.24. The van der Waals surface area contributed by atoms with Gasteiger partial charge in [-0.2, -0.15) is 0 Å². The summed E-state index contributed by atoms with van der Waals surface area (Å²) in [6.45, 7) is 3.40. The van der Waals surface area contributed by atoms with Crippen LogP contribution in [0.4, 0.5) is 0 Å². The van der Waals surface area contributed by atoms with Crippen molar-refractivity contribution in [2.24, 2.45) is 5.92 Å². The molecule has 0 saturated carbocycles. The maximum atomic E-state index is 9.24. The van der Waals surface area contributed by atoms with Crippen LogP contribution in [0.15, 0.2) is 36.4 Å². The van der Waals surface area contributed by atoms with Crippen LogP contribution in [-0.2, 0) is 6.42 Å². The third-order valence-corrected chi connectivity index (χ3v) is 3.94. The molecule has 0 fully saturated rings. The molecule has 0 heterocycles. The highest BCUT2D eigenvalue weighted by atomic mass is 16.3. The summed E-state index contributed by atoms with van der Waals surface area (Å²) in [4.78, 5) is 0. The van der Waals surface area contributed by atoms with Crippen LogP contribution in [0.5, 0.6) is 5.75 Å². The molecule has 19 heavy (non-hydrogen) atoms. The van der Waals surface area contributed by atoms with Gasteiger partial charge in [-0.25, -0.2) is 0 Å². The Morgan fingerprint density at radius 3 is 2.74 bits per heavy atom. The van der Waals surface area contributed by atoms with Gasteiger partial charge in [0, 0.05) is 6.04 Å². The Morgan fingerprint density at radius 1 is 1.26 bits per heavy atom. The lowest BCUT2D eigenvalue weighted by atomic mass is 9.94. The van der Waals surface area contributed by atoms with Crippen molar-refractivity contribution in [3.8, 4) is 5.75 Å². The average molecular weight is 259 g/mol. The van der Waals surface area contributed by atoms with Gasteiger partial charge in [-0.3, -0.25) is 0 Å². The van der Waals surface area contributed by atoms with Crippen molar-refractivity contribution >= 4 is 0 Å². The Bertz CT molecular complexity index is 396. The van der Waals surface area contributed by atoms with E-state index in [0.29, 0.717) is 11.8 Å². The molecule has 0 spiro atoms. The zero-order valence-electron chi connectivity index (χ0n) is 11.8. The SMILES string of the molecule is CC(CCc1ccc(O)cc1)NCC1CC=CCC1. The molecule has 1 aliphatic carbocycles. The quantitative estimate of drug-likeness (QED) is 0.764. The summed E-state index contributed by atoms with van der Waals surface area (Å²) in [5.74, 6) is 1.17. The normalized spacial score (nSPS) is 20.4. The van der Waals surface area contributed by atoms with Crippen molar-refractivity contribution < 1.29 is 5.11 Å². The largest absolute Gasteiger partial charge is 0.508 e. The van der Waals surface area contributed by atoms with E-state index >= 15 is 0 Å². The van der Waals surface area contributed by atoms with Gasteiger partial charge in [-0.15, -0.1) is 0 Å². The average Bonchev–Trinajstić information content (AvgIpc) is 2.45. The molecule has 2 N–H and O–H groups in total. The van der Waals surface area contributed by atoms with Crippen molar-refractivity contribution in [3.05, 3.63) is 42.0 Å². The Balaban J connectivity index is 1.65. The fraction of sp³-hybridized carbons (Fsp3) is 0.529. The summed E-state index contributed by atoms with van der Waals surface area (Å²) < 4.78 is 0. The number of benzene rings is 1. The van der Waals surface area contributed by atoms with Gasteiger partial charge in [0.2, 0.25) is 0 Å². The monoisotopic (exact) mass is 259 g/mol. The predicted molar refractivity (Wildman–Crippen MR) is 80.4 cm³/mol. The second kappa shape index (κ2) is 7.34. The zero-order chi connectivity index (χ0) is 13.5. The zero-order valence-corrected chi connectivity index (χ0v) is 11.8. The van der Waals surface area contributed by atoms with E-state index in [0.717, 1.165) is 25.3 Å². The van der Waals surface area contributed by atoms with E-state index < -0.39 is 0 Å². The van der Waals surface area contributed by atoms with Crippen LogP contribution < -0.4 is 5.32 Å². The van der Waals surface area contributed by atoms with Crippen molar-refractivity contribution in [3.63, 3.8) is 0 Å². The highest BCUT2D eigenvalue weighted by molar-refractivity contribution is 5.25. The summed E-state index contributed by atoms with van der Waals surface area (Å²) in [5, 5.41) is 12.9. The van der Waals surface area contributed by atoms with Gasteiger partial charge in [-0.1, -0.05) is 24.3 Å². The number of hydrogen-bond donors (Lipinski definition) is 2. The van der Waals surface area contributed by atoms with Gasteiger partial charge in [0.25, 0.3) is 0 Å². The Labute approximate surface area is 116 Å². The number of phenolic OH excluding ortho intramolecular Hbond substituents is 1. The van der Waals surface area contributed by atoms with Crippen LogP contribution in [0.3, 0.4) is 0 Å². The molecule has 2 unspecified atom stereocenters. The van der Waals surface area contributed by atoms with Crippen LogP contribution >= 0.6 is 0 Å². The van der Waals surface area contributed by atoms with Crippen molar-refractivity contribution in [2.75, 3.05) is 6.54 Å². The number of phenols is 1. The molecule has 2 heteroatoms. The van der Waals surface area contributed by atoms with Crippen LogP contribution in [-0.4, -0.2) is 17.7 Å². The molecule has 0 radical (unpaired) electrons. The molecule has 0 aliphatic heterocycles. The van der Waals surface area contributed by atoms with E-state index in [9.17, 15) is 5.11 Å². The van der Waals surface area contributed by atoms with Gasteiger partial charge in [0.1, 0.15) is 5.75 Å². The molecule has 0 aromatic heterocycles. The third-order valence-electron chi connectivity index (χ3n) is 3.94. The number of aromatic hydroxyl groups is 1. The Hall–Kier alpha value is -1.28. The van der Waals surface area contributed by atoms with E-state index in [1.165, 1.54) is 24.8 Å². The molecular formula is C17H25NO. The van der Waals surface area contributed by atoms with Gasteiger partial charge in [0.05, 0.1) is 0 Å². The van der Waals surface area contributed by atoms with Crippen molar-refractivity contribution in [1.29, 1.82) is 0 Å². The van der Waals surface area contributed by atoms with E-state index in [2.05, 4.69) is 24.4 Å². The van der Waals surface area contributed by atoms with E-state index in [-0.39, 0.29) is 0 Å². The molecule has 1 aromatic carbocycles. The van der Waals surface area contributed by atoms with Gasteiger partial charge < -0.3 is 10.4 Å². The lowest BCUT2D eigenvalue weighted by Crippen LogP contribution is -2.31. The molecule has 0 bridgehead atoms. The van der Waals surface area contributed by atoms with Crippen LogP contribution in [0.1, 0.15) is 38.2 Å². The summed E-state index contributed by atoms with van der Waals surface area (Å²) in [5.41, 5.74) is 1.30. The lowest BCUT2D eigenvalue weighted by Gasteiger charge is -2.21. The standard InChI is InChI=1S/C17H25NO/c1-14(18-13-16-5-3-2-4-6-16)7-8-15-9-11-17(19)12-10-15/h2-3,9-12,14,16,18-19H,4-8,13H2,1H3. The second-order valence-electron chi connectivity index (χ2n) is 5.66. The van der Waals surface area contributed by atoms with Crippen LogP contribution in [0.2, 0.25) is 0 Å². The van der Waals surface area contributed by atoms with Crippen molar-refractivity contribution in [2.45, 2.75) is 45.1 Å². The highest BCUT2D eigenvalue weighted by Gasteiger charge is 2.11. The molecule has 2 rings (SSSR count). The molecular weight excluding hydrogens is 234 g/mol. The van der Waals surface area contributed by atoms with Crippen molar-refractivity contribution in [1.82, 2.24) is 5.32 Å². The van der Waals surface area contributed by atoms with Crippen LogP contribution in [0.25, 0.3) is 0 Å². The minimum Gasteiger partial charge on any atom is -0.508 e. The summed E-state index contributed by atoms with van der Waals surface area (Å²) in [6.07, 6.45) is 10.6. The number of allylic oxidation sites excluding steroid dienone is 2. The minimum absolute atomic E-state index is 0.347. The predicted octanol–water partition coefficient (Wildman–Crippen LogP) is 3.66. The Morgan fingerprint density at radius 2 is 2.05 bits per heavy atom. The van der Waals surface area contributed by atoms with Gasteiger partial charge in [-0.05, 0) is 69.2 Å². The molecule has 1 aliphatic rings. The smallest absolute Gasteiger partial charge is 0.115 e. The summed E-state index contributed by atoms with van der Waals surface area (Å²) in [7, 11) is 0. The maximum Gasteiger partial charge on any atom is 0.115 e. The van der Waals surface area contributed by atoms with Gasteiger partial charge >= 0.3 is 0 Å². The lowest BCUT2D eigenvalue weighted by molar-refractivity contribution is 0.402. The topological polar surface area (TPSA) is 32.3 Å². The molecule has 2 atom stereocenters.